The van der Waals surface area contributed by atoms with Gasteiger partial charge in [0.25, 0.3) is 0 Å². The molecule has 1 aliphatic carbocycles. The molecule has 38 heavy (non-hydrogen) atoms. The molecule has 6 heteroatoms. The first-order chi connectivity index (χ1) is 18.6. The molecule has 2 unspecified atom stereocenters. The molecule has 0 saturated heterocycles. The van der Waals surface area contributed by atoms with Crippen LogP contribution in [0.15, 0.2) is 59.9 Å². The fourth-order valence-corrected chi connectivity index (χ4v) is 7.39. The van der Waals surface area contributed by atoms with Crippen molar-refractivity contribution in [3.05, 3.63) is 70.4 Å². The number of hydrogen-bond donors (Lipinski definition) is 2. The van der Waals surface area contributed by atoms with Crippen LogP contribution in [-0.4, -0.2) is 26.8 Å². The molecule has 2 atom stereocenters. The summed E-state index contributed by atoms with van der Waals surface area (Å²) in [7, 11) is 0. The monoisotopic (exact) mass is 513 g/mol. The van der Waals surface area contributed by atoms with Crippen molar-refractivity contribution in [2.75, 3.05) is 0 Å². The molecule has 0 fully saturated rings. The lowest BCUT2D eigenvalue weighted by Crippen LogP contribution is -2.37. The van der Waals surface area contributed by atoms with Crippen LogP contribution in [0, 0.1) is 12.8 Å². The highest BCUT2D eigenvalue weighted by atomic mass is 32.1. The van der Waals surface area contributed by atoms with Crippen LogP contribution in [0.3, 0.4) is 0 Å². The smallest absolute Gasteiger partial charge is 0.105 e. The Kier molecular flexibility index (Phi) is 4.62. The van der Waals surface area contributed by atoms with Crippen molar-refractivity contribution in [1.82, 2.24) is 20.3 Å². The lowest BCUT2D eigenvalue weighted by atomic mass is 9.96. The molecule has 8 rings (SSSR count). The van der Waals surface area contributed by atoms with Gasteiger partial charge in [-0.2, -0.15) is 0 Å². The number of rotatable bonds is 3. The molecule has 186 valence electrons. The van der Waals surface area contributed by atoms with E-state index in [2.05, 4.69) is 77.7 Å². The molecular weight excluding hydrogens is 486 g/mol. The molecule has 1 aliphatic heterocycles. The number of aromatic nitrogens is 3. The fraction of sp³-hybridized carbons (Fsp3) is 0.219. The number of nitrogens with one attached hydrogen (secondary N) is 2. The number of benzene rings is 3. The zero-order valence-corrected chi connectivity index (χ0v) is 22.4. The Balaban J connectivity index is 1.32. The van der Waals surface area contributed by atoms with Gasteiger partial charge in [-0.1, -0.05) is 44.2 Å². The second kappa shape index (κ2) is 7.98. The molecule has 4 heterocycles. The minimum Gasteiger partial charge on any atom is -0.365 e. The van der Waals surface area contributed by atoms with Crippen molar-refractivity contribution in [2.24, 2.45) is 10.9 Å². The van der Waals surface area contributed by atoms with Gasteiger partial charge in [-0.05, 0) is 65.1 Å². The van der Waals surface area contributed by atoms with Crippen LogP contribution >= 0.6 is 11.3 Å². The van der Waals surface area contributed by atoms with Gasteiger partial charge in [-0.25, -0.2) is 9.98 Å². The highest BCUT2D eigenvalue weighted by molar-refractivity contribution is 7.17. The third-order valence-electron chi connectivity index (χ3n) is 8.30. The average Bonchev–Trinajstić information content (AvgIpc) is 3.66. The number of H-pyrrole nitrogens is 1. The molecule has 2 N–H and O–H groups in total. The van der Waals surface area contributed by atoms with Crippen molar-refractivity contribution in [2.45, 2.75) is 39.7 Å². The Morgan fingerprint density at radius 1 is 1.00 bits per heavy atom. The number of hydrogen-bond acceptors (Lipinski definition) is 5. The lowest BCUT2D eigenvalue weighted by molar-refractivity contribution is 0.689. The number of fused-ring (bicyclic) bond motifs is 10. The number of aryl methyl sites for hydroxylation is 1. The van der Waals surface area contributed by atoms with Gasteiger partial charge in [0, 0.05) is 39.2 Å². The summed E-state index contributed by atoms with van der Waals surface area (Å²) in [6.07, 6.45) is 8.30. The average molecular weight is 514 g/mol. The molecular formula is C32H27N5S. The van der Waals surface area contributed by atoms with E-state index in [1.54, 1.807) is 0 Å². The van der Waals surface area contributed by atoms with E-state index >= 15 is 0 Å². The van der Waals surface area contributed by atoms with Crippen LogP contribution in [0.2, 0.25) is 0 Å². The third kappa shape index (κ3) is 3.07. The highest BCUT2D eigenvalue weighted by Crippen LogP contribution is 2.36. The SMILES string of the molecule is CCC(C)C1=NC2=c3sc4cc(-c5ccc6c(c5)c5ccncc5c5nc(C)[nH]c65)ccc4c3=CCC2N1. The number of thiophene rings is 1. The van der Waals surface area contributed by atoms with Gasteiger partial charge in [0.1, 0.15) is 11.7 Å². The largest absolute Gasteiger partial charge is 0.365 e. The summed E-state index contributed by atoms with van der Waals surface area (Å²) in [5.41, 5.74) is 5.74. The molecule has 0 amide bonds. The summed E-state index contributed by atoms with van der Waals surface area (Å²) in [4.78, 5) is 17.7. The first kappa shape index (κ1) is 22.0. The van der Waals surface area contributed by atoms with Gasteiger partial charge in [0.2, 0.25) is 0 Å². The van der Waals surface area contributed by atoms with Gasteiger partial charge in [0.15, 0.2) is 0 Å². The number of pyridine rings is 1. The predicted molar refractivity (Wildman–Crippen MR) is 160 cm³/mol. The van der Waals surface area contributed by atoms with Crippen LogP contribution in [0.5, 0.6) is 0 Å². The Morgan fingerprint density at radius 2 is 1.84 bits per heavy atom. The van der Waals surface area contributed by atoms with Gasteiger partial charge in [0.05, 0.1) is 27.3 Å². The van der Waals surface area contributed by atoms with Crippen LogP contribution in [0.4, 0.5) is 0 Å². The molecule has 0 radical (unpaired) electrons. The van der Waals surface area contributed by atoms with Crippen LogP contribution in [0.1, 0.15) is 32.5 Å². The maximum absolute atomic E-state index is 5.09. The number of amidine groups is 1. The summed E-state index contributed by atoms with van der Waals surface area (Å²) >= 11 is 1.88. The van der Waals surface area contributed by atoms with Gasteiger partial charge < -0.3 is 10.3 Å². The van der Waals surface area contributed by atoms with Gasteiger partial charge >= 0.3 is 0 Å². The Morgan fingerprint density at radius 3 is 2.71 bits per heavy atom. The summed E-state index contributed by atoms with van der Waals surface area (Å²) < 4.78 is 2.64. The molecule has 3 aromatic carbocycles. The van der Waals surface area contributed by atoms with E-state index in [1.165, 1.54) is 52.8 Å². The second-order valence-corrected chi connectivity index (χ2v) is 11.7. The van der Waals surface area contributed by atoms with Crippen LogP contribution in [-0.2, 0) is 0 Å². The minimum atomic E-state index is 0.310. The van der Waals surface area contributed by atoms with Crippen LogP contribution in [0.25, 0.3) is 65.6 Å². The number of imidazole rings is 1. The van der Waals surface area contributed by atoms with E-state index < -0.39 is 0 Å². The third-order valence-corrected chi connectivity index (χ3v) is 9.49. The highest BCUT2D eigenvalue weighted by Gasteiger charge is 2.28. The Bertz CT molecular complexity index is 2110. The second-order valence-electron chi connectivity index (χ2n) is 10.6. The number of aromatic amines is 1. The summed E-state index contributed by atoms with van der Waals surface area (Å²) in [5, 5.41) is 11.1. The van der Waals surface area contributed by atoms with E-state index in [4.69, 9.17) is 9.98 Å². The minimum absolute atomic E-state index is 0.310. The topological polar surface area (TPSA) is 66.0 Å². The van der Waals surface area contributed by atoms with E-state index in [0.717, 1.165) is 40.9 Å². The Labute approximate surface area is 223 Å². The van der Waals surface area contributed by atoms with Crippen molar-refractivity contribution in [3.8, 4) is 11.1 Å². The first-order valence-corrected chi connectivity index (χ1v) is 14.2. The van der Waals surface area contributed by atoms with Gasteiger partial charge in [-0.15, -0.1) is 11.3 Å². The zero-order chi connectivity index (χ0) is 25.5. The van der Waals surface area contributed by atoms with Crippen molar-refractivity contribution in [3.63, 3.8) is 0 Å². The number of nitrogens with zero attached hydrogens (tertiary/aromatic N) is 3. The normalized spacial score (nSPS) is 17.5. The molecule has 0 saturated carbocycles. The van der Waals surface area contributed by atoms with E-state index in [1.807, 2.05) is 30.7 Å². The van der Waals surface area contributed by atoms with E-state index in [0.29, 0.717) is 12.0 Å². The van der Waals surface area contributed by atoms with Crippen molar-refractivity contribution in [1.29, 1.82) is 0 Å². The molecule has 0 spiro atoms. The van der Waals surface area contributed by atoms with Gasteiger partial charge in [-0.3, -0.25) is 4.98 Å². The quantitative estimate of drug-likeness (QED) is 0.279. The van der Waals surface area contributed by atoms with E-state index in [-0.39, 0.29) is 0 Å². The maximum atomic E-state index is 5.09. The first-order valence-electron chi connectivity index (χ1n) is 13.4. The zero-order valence-electron chi connectivity index (χ0n) is 21.6. The molecule has 0 bridgehead atoms. The van der Waals surface area contributed by atoms with Crippen LogP contribution < -0.4 is 15.1 Å². The van der Waals surface area contributed by atoms with E-state index in [9.17, 15) is 0 Å². The summed E-state index contributed by atoms with van der Waals surface area (Å²) in [5.74, 6) is 2.53. The summed E-state index contributed by atoms with van der Waals surface area (Å²) in [6.45, 7) is 6.49. The molecule has 2 aliphatic rings. The molecule has 6 aromatic rings. The van der Waals surface area contributed by atoms with Crippen molar-refractivity contribution < 1.29 is 0 Å². The summed E-state index contributed by atoms with van der Waals surface area (Å²) in [6, 6.07) is 16.1. The lowest BCUT2D eigenvalue weighted by Gasteiger charge is -2.15. The van der Waals surface area contributed by atoms with Crippen molar-refractivity contribution >= 4 is 71.6 Å². The maximum Gasteiger partial charge on any atom is 0.105 e. The Hall–Kier alpha value is -4.03. The molecule has 3 aromatic heterocycles. The molecule has 5 nitrogen and oxygen atoms in total. The fourth-order valence-electron chi connectivity index (χ4n) is 6.10. The number of aliphatic imine (C=N–C) groups is 1. The predicted octanol–water partition coefficient (Wildman–Crippen LogP) is 6.16. The standard InChI is InChI=1S/C32H27N5S/c1-4-16(2)32-36-26-10-9-23-21-7-5-19(14-27(21)38-31(23)30(26)37-32)18-6-8-22-24(13-18)20-11-12-33-15-25(20)29-28(22)34-17(3)35-29/h5-9,11-16,26H,4,10H2,1-3H3,(H,34,35)(H,36,37).